The second-order valence-electron chi connectivity index (χ2n) is 3.82. The number of hydrogen-bond acceptors (Lipinski definition) is 1. The van der Waals surface area contributed by atoms with E-state index >= 15 is 0 Å². The molecule has 2 aromatic rings. The van der Waals surface area contributed by atoms with Gasteiger partial charge in [-0.25, -0.2) is 4.58 Å². The molecule has 0 aliphatic rings. The van der Waals surface area contributed by atoms with Gasteiger partial charge in [-0.2, -0.15) is 0 Å². The first kappa shape index (κ1) is 18.9. The van der Waals surface area contributed by atoms with Crippen LogP contribution in [0.5, 0.6) is 5.75 Å². The van der Waals surface area contributed by atoms with E-state index < -0.39 is 0 Å². The summed E-state index contributed by atoms with van der Waals surface area (Å²) in [6.07, 6.45) is 2.06. The van der Waals surface area contributed by atoms with Crippen LogP contribution in [0.4, 0.5) is 5.69 Å². The fourth-order valence-electron chi connectivity index (χ4n) is 1.72. The van der Waals surface area contributed by atoms with Gasteiger partial charge in [0.05, 0.1) is 12.7 Å². The van der Waals surface area contributed by atoms with E-state index in [1.807, 2.05) is 77.2 Å². The molecule has 0 heterocycles. The molecule has 0 bridgehead atoms. The Morgan fingerprint density at radius 1 is 0.810 bits per heavy atom. The fraction of sp³-hybridized carbons (Fsp3) is 0.316. The highest BCUT2D eigenvalue weighted by atomic mass is 16.5. The van der Waals surface area contributed by atoms with Gasteiger partial charge in [0.25, 0.3) is 0 Å². The molecule has 0 aromatic heterocycles. The van der Waals surface area contributed by atoms with Gasteiger partial charge in [-0.3, -0.25) is 0 Å². The quantitative estimate of drug-likeness (QED) is 0.562. The van der Waals surface area contributed by atoms with Gasteiger partial charge in [0, 0.05) is 12.1 Å². The average Bonchev–Trinajstić information content (AvgIpc) is 2.59. The van der Waals surface area contributed by atoms with Gasteiger partial charge < -0.3 is 4.74 Å². The minimum absolute atomic E-state index is 0.885. The lowest BCUT2D eigenvalue weighted by Crippen LogP contribution is -2.02. The number of ether oxygens (including phenoxy) is 1. The molecule has 21 heavy (non-hydrogen) atoms. The molecule has 0 aliphatic heterocycles. The van der Waals surface area contributed by atoms with Crippen molar-refractivity contribution in [3.05, 3.63) is 60.2 Å². The van der Waals surface area contributed by atoms with Gasteiger partial charge in [0.15, 0.2) is 6.21 Å². The molecule has 2 nitrogen and oxygen atoms in total. The highest BCUT2D eigenvalue weighted by molar-refractivity contribution is 5.80. The molecule has 0 saturated carbocycles. The molecule has 0 amide bonds. The van der Waals surface area contributed by atoms with Gasteiger partial charge in [-0.1, -0.05) is 58.0 Å². The summed E-state index contributed by atoms with van der Waals surface area (Å²) in [6, 6.07) is 18.2. The molecule has 0 atom stereocenters. The van der Waals surface area contributed by atoms with Gasteiger partial charge >= 0.3 is 0 Å². The Labute approximate surface area is 129 Å². The van der Waals surface area contributed by atoms with Crippen molar-refractivity contribution in [2.75, 3.05) is 14.2 Å². The van der Waals surface area contributed by atoms with E-state index in [1.165, 1.54) is 0 Å². The van der Waals surface area contributed by atoms with Crippen molar-refractivity contribution < 1.29 is 9.31 Å². The Kier molecular flexibility index (Phi) is 10.5. The van der Waals surface area contributed by atoms with Crippen LogP contribution in [0, 0.1) is 0 Å². The van der Waals surface area contributed by atoms with Crippen molar-refractivity contribution in [3.63, 3.8) is 0 Å². The summed E-state index contributed by atoms with van der Waals surface area (Å²) in [7, 11) is 3.72. The molecule has 0 saturated heterocycles. The SMILES string of the molecule is CC.CC.COc1ccccc1C=[N+](C)c1ccccc1. The topological polar surface area (TPSA) is 12.2 Å². The summed E-state index contributed by atoms with van der Waals surface area (Å²) in [6.45, 7) is 8.00. The maximum absolute atomic E-state index is 5.32. The smallest absolute Gasteiger partial charge is 0.204 e. The van der Waals surface area contributed by atoms with Crippen molar-refractivity contribution >= 4 is 11.9 Å². The van der Waals surface area contributed by atoms with Crippen LogP contribution < -0.4 is 4.74 Å². The first-order chi connectivity index (χ1) is 10.3. The zero-order valence-electron chi connectivity index (χ0n) is 14.1. The fourth-order valence-corrected chi connectivity index (χ4v) is 1.72. The van der Waals surface area contributed by atoms with Gasteiger partial charge in [0.1, 0.15) is 12.8 Å². The maximum atomic E-state index is 5.32. The zero-order chi connectivity index (χ0) is 16.1. The third-order valence-electron chi connectivity index (χ3n) is 2.64. The molecule has 2 heteroatoms. The predicted octanol–water partition coefficient (Wildman–Crippen LogP) is 5.14. The van der Waals surface area contributed by atoms with E-state index in [0.29, 0.717) is 0 Å². The predicted molar refractivity (Wildman–Crippen MR) is 93.1 cm³/mol. The number of benzene rings is 2. The molecule has 0 radical (unpaired) electrons. The summed E-state index contributed by atoms with van der Waals surface area (Å²) in [4.78, 5) is 0. The van der Waals surface area contributed by atoms with E-state index in [0.717, 1.165) is 17.0 Å². The Hall–Kier alpha value is -2.09. The van der Waals surface area contributed by atoms with Crippen molar-refractivity contribution in [3.8, 4) is 5.75 Å². The molecule has 0 spiro atoms. The molecule has 0 N–H and O–H groups in total. The standard InChI is InChI=1S/C15H16NO.2C2H6/c1-16(14-9-4-3-5-10-14)12-13-8-6-7-11-15(13)17-2;2*1-2/h3-12H,1-2H3;2*1-2H3/q+1;;. The van der Waals surface area contributed by atoms with E-state index in [4.69, 9.17) is 4.74 Å². The second-order valence-corrected chi connectivity index (χ2v) is 3.82. The van der Waals surface area contributed by atoms with Crippen LogP contribution in [0.15, 0.2) is 54.6 Å². The monoisotopic (exact) mass is 286 g/mol. The lowest BCUT2D eigenvalue weighted by Gasteiger charge is -2.02. The number of methoxy groups -OCH3 is 1. The minimum Gasteiger partial charge on any atom is -0.496 e. The number of nitrogens with zero attached hydrogens (tertiary/aromatic N) is 1. The maximum Gasteiger partial charge on any atom is 0.204 e. The average molecular weight is 286 g/mol. The van der Waals surface area contributed by atoms with Crippen LogP contribution in [0.1, 0.15) is 33.3 Å². The first-order valence-corrected chi connectivity index (χ1v) is 7.57. The third kappa shape index (κ3) is 6.26. The summed E-state index contributed by atoms with van der Waals surface area (Å²) in [5, 5.41) is 0. The van der Waals surface area contributed by atoms with Crippen molar-refractivity contribution in [2.45, 2.75) is 27.7 Å². The van der Waals surface area contributed by atoms with Crippen LogP contribution in [0.25, 0.3) is 0 Å². The summed E-state index contributed by atoms with van der Waals surface area (Å²) in [5.74, 6) is 0.885. The Morgan fingerprint density at radius 3 is 1.90 bits per heavy atom. The first-order valence-electron chi connectivity index (χ1n) is 7.57. The largest absolute Gasteiger partial charge is 0.496 e. The number of rotatable bonds is 3. The van der Waals surface area contributed by atoms with E-state index in [9.17, 15) is 0 Å². The molecule has 2 aromatic carbocycles. The molecule has 0 unspecified atom stereocenters. The van der Waals surface area contributed by atoms with Crippen LogP contribution in [-0.4, -0.2) is 24.9 Å². The molecule has 2 rings (SSSR count). The lowest BCUT2D eigenvalue weighted by atomic mass is 10.2. The highest BCUT2D eigenvalue weighted by Crippen LogP contribution is 2.16. The summed E-state index contributed by atoms with van der Waals surface area (Å²) < 4.78 is 7.41. The van der Waals surface area contributed by atoms with E-state index in [2.05, 4.69) is 22.9 Å². The van der Waals surface area contributed by atoms with Gasteiger partial charge in [-0.05, 0) is 12.1 Å². The molecule has 0 fully saturated rings. The van der Waals surface area contributed by atoms with Gasteiger partial charge in [0.2, 0.25) is 5.69 Å². The van der Waals surface area contributed by atoms with Crippen LogP contribution >= 0.6 is 0 Å². The highest BCUT2D eigenvalue weighted by Gasteiger charge is 2.05. The summed E-state index contributed by atoms with van der Waals surface area (Å²) >= 11 is 0. The van der Waals surface area contributed by atoms with E-state index in [-0.39, 0.29) is 0 Å². The third-order valence-corrected chi connectivity index (χ3v) is 2.64. The van der Waals surface area contributed by atoms with Gasteiger partial charge in [-0.15, -0.1) is 0 Å². The second kappa shape index (κ2) is 11.7. The van der Waals surface area contributed by atoms with Crippen LogP contribution in [-0.2, 0) is 0 Å². The minimum atomic E-state index is 0.885. The van der Waals surface area contributed by atoms with Crippen molar-refractivity contribution in [1.29, 1.82) is 0 Å². The Morgan fingerprint density at radius 2 is 1.33 bits per heavy atom. The summed E-state index contributed by atoms with van der Waals surface area (Å²) in [5.41, 5.74) is 2.22. The number of para-hydroxylation sites is 2. The molecular weight excluding hydrogens is 258 g/mol. The molecule has 114 valence electrons. The number of hydrogen-bond donors (Lipinski definition) is 0. The van der Waals surface area contributed by atoms with Crippen LogP contribution in [0.3, 0.4) is 0 Å². The normalized spacial score (nSPS) is 9.71. The molecular formula is C19H28NO+. The zero-order valence-corrected chi connectivity index (χ0v) is 14.1. The lowest BCUT2D eigenvalue weighted by molar-refractivity contribution is -0.399. The van der Waals surface area contributed by atoms with Crippen LogP contribution in [0.2, 0.25) is 0 Å². The van der Waals surface area contributed by atoms with E-state index in [1.54, 1.807) is 7.11 Å². The Balaban J connectivity index is 0.000000921. The van der Waals surface area contributed by atoms with Crippen molar-refractivity contribution in [1.82, 2.24) is 0 Å². The Bertz CT molecular complexity index is 518. The van der Waals surface area contributed by atoms with Crippen molar-refractivity contribution in [2.24, 2.45) is 0 Å². The molecule has 0 aliphatic carbocycles.